The van der Waals surface area contributed by atoms with Crippen molar-refractivity contribution in [1.82, 2.24) is 9.97 Å². The Bertz CT molecular complexity index is 954. The zero-order valence-corrected chi connectivity index (χ0v) is 16.0. The molecule has 0 saturated heterocycles. The van der Waals surface area contributed by atoms with Gasteiger partial charge in [0.15, 0.2) is 0 Å². The number of benzene rings is 2. The van der Waals surface area contributed by atoms with Crippen LogP contribution in [-0.2, 0) is 0 Å². The molecule has 0 atom stereocenters. The molecule has 2 N–H and O–H groups in total. The third-order valence-corrected chi connectivity index (χ3v) is 4.04. The molecule has 0 radical (unpaired) electrons. The summed E-state index contributed by atoms with van der Waals surface area (Å²) in [6.07, 6.45) is 2.93. The number of hydrogen-bond acceptors (Lipinski definition) is 5. The van der Waals surface area contributed by atoms with E-state index in [1.54, 1.807) is 18.2 Å². The number of hydrogen-bond donors (Lipinski definition) is 2. The van der Waals surface area contributed by atoms with E-state index in [4.69, 9.17) is 16.3 Å². The minimum absolute atomic E-state index is 0.322. The van der Waals surface area contributed by atoms with Gasteiger partial charge in [-0.2, -0.15) is 0 Å². The molecule has 0 bridgehead atoms. The van der Waals surface area contributed by atoms with Crippen LogP contribution in [0.5, 0.6) is 5.75 Å². The van der Waals surface area contributed by atoms with Crippen molar-refractivity contribution < 1.29 is 9.53 Å². The Morgan fingerprint density at radius 3 is 2.33 bits per heavy atom. The Morgan fingerprint density at radius 2 is 1.70 bits per heavy atom. The fourth-order valence-corrected chi connectivity index (χ4v) is 2.83. The molecule has 138 valence electrons. The normalized spacial score (nSPS) is 10.4. The van der Waals surface area contributed by atoms with Crippen molar-refractivity contribution in [3.63, 3.8) is 0 Å². The van der Waals surface area contributed by atoms with E-state index in [2.05, 4.69) is 26.7 Å². The van der Waals surface area contributed by atoms with Crippen molar-refractivity contribution in [2.24, 2.45) is 0 Å². The highest BCUT2D eigenvalue weighted by Gasteiger charge is 2.12. The number of aryl methyl sites for hydroxylation is 2. The van der Waals surface area contributed by atoms with Gasteiger partial charge < -0.3 is 15.4 Å². The number of carbonyl (C=O) groups is 1. The second-order valence-corrected chi connectivity index (χ2v) is 6.53. The molecule has 6 nitrogen and oxygen atoms in total. The summed E-state index contributed by atoms with van der Waals surface area (Å²) in [7, 11) is 1.52. The zero-order chi connectivity index (χ0) is 19.4. The highest BCUT2D eigenvalue weighted by atomic mass is 35.5. The number of methoxy groups -OCH3 is 1. The Labute approximate surface area is 162 Å². The Morgan fingerprint density at radius 1 is 1.04 bits per heavy atom. The van der Waals surface area contributed by atoms with E-state index >= 15 is 0 Å². The number of nitrogens with zero attached hydrogens (tertiary/aromatic N) is 2. The SMILES string of the molecule is COc1ccc(Cl)cc1NC(=O)c1cnc(Nc2cc(C)cc(C)c2)nc1. The summed E-state index contributed by atoms with van der Waals surface area (Å²) in [5.41, 5.74) is 3.98. The van der Waals surface area contributed by atoms with E-state index < -0.39 is 0 Å². The quantitative estimate of drug-likeness (QED) is 0.665. The van der Waals surface area contributed by atoms with Crippen LogP contribution in [0.4, 0.5) is 17.3 Å². The third kappa shape index (κ3) is 4.74. The fourth-order valence-electron chi connectivity index (χ4n) is 2.66. The molecule has 0 unspecified atom stereocenters. The molecule has 3 aromatic rings. The second-order valence-electron chi connectivity index (χ2n) is 6.10. The molecular weight excluding hydrogens is 364 g/mol. The maximum Gasteiger partial charge on any atom is 0.258 e. The van der Waals surface area contributed by atoms with E-state index in [1.807, 2.05) is 26.0 Å². The van der Waals surface area contributed by atoms with E-state index in [0.29, 0.717) is 28.0 Å². The minimum atomic E-state index is -0.353. The molecule has 27 heavy (non-hydrogen) atoms. The minimum Gasteiger partial charge on any atom is -0.495 e. The molecule has 1 amide bonds. The van der Waals surface area contributed by atoms with E-state index in [9.17, 15) is 4.79 Å². The molecule has 0 aliphatic heterocycles. The largest absolute Gasteiger partial charge is 0.495 e. The standard InChI is InChI=1S/C20H19ClN4O2/c1-12-6-13(2)8-16(7-12)24-20-22-10-14(11-23-20)19(26)25-17-9-15(21)4-5-18(17)27-3/h4-11H,1-3H3,(H,25,26)(H,22,23,24). The summed E-state index contributed by atoms with van der Waals surface area (Å²) in [6.45, 7) is 4.05. The first-order chi connectivity index (χ1) is 12.9. The van der Waals surface area contributed by atoms with Crippen molar-refractivity contribution in [2.45, 2.75) is 13.8 Å². The fraction of sp³-hybridized carbons (Fsp3) is 0.150. The lowest BCUT2D eigenvalue weighted by Crippen LogP contribution is -2.13. The number of anilines is 3. The van der Waals surface area contributed by atoms with Crippen molar-refractivity contribution in [1.29, 1.82) is 0 Å². The van der Waals surface area contributed by atoms with E-state index in [-0.39, 0.29) is 5.91 Å². The zero-order valence-electron chi connectivity index (χ0n) is 15.2. The Balaban J connectivity index is 1.73. The molecule has 0 spiro atoms. The van der Waals surface area contributed by atoms with Crippen LogP contribution in [0.2, 0.25) is 5.02 Å². The number of ether oxygens (including phenoxy) is 1. The summed E-state index contributed by atoms with van der Waals surface area (Å²) in [5.74, 6) is 0.576. The number of amides is 1. The molecule has 7 heteroatoms. The smallest absolute Gasteiger partial charge is 0.258 e. The second kappa shape index (κ2) is 8.05. The van der Waals surface area contributed by atoms with Gasteiger partial charge in [-0.1, -0.05) is 17.7 Å². The molecule has 2 aromatic carbocycles. The molecule has 3 rings (SSSR count). The van der Waals surface area contributed by atoms with Gasteiger partial charge in [-0.25, -0.2) is 9.97 Å². The van der Waals surface area contributed by atoms with Gasteiger partial charge in [0.25, 0.3) is 5.91 Å². The maximum absolute atomic E-state index is 12.4. The third-order valence-electron chi connectivity index (χ3n) is 3.80. The van der Waals surface area contributed by atoms with E-state index in [1.165, 1.54) is 19.5 Å². The summed E-state index contributed by atoms with van der Waals surface area (Å²) < 4.78 is 5.23. The van der Waals surface area contributed by atoms with E-state index in [0.717, 1.165) is 16.8 Å². The first-order valence-corrected chi connectivity index (χ1v) is 8.64. The topological polar surface area (TPSA) is 76.1 Å². The first kappa shape index (κ1) is 18.7. The van der Waals surface area contributed by atoms with Crippen LogP contribution in [0.1, 0.15) is 21.5 Å². The average molecular weight is 383 g/mol. The van der Waals surface area contributed by atoms with Crippen molar-refractivity contribution in [3.8, 4) is 5.75 Å². The average Bonchev–Trinajstić information content (AvgIpc) is 2.61. The Kier molecular flexibility index (Phi) is 5.57. The number of aromatic nitrogens is 2. The molecule has 0 aliphatic rings. The predicted octanol–water partition coefficient (Wildman–Crippen LogP) is 4.75. The van der Waals surface area contributed by atoms with Crippen LogP contribution in [0.15, 0.2) is 48.8 Å². The monoisotopic (exact) mass is 382 g/mol. The summed E-state index contributed by atoms with van der Waals surface area (Å²) >= 11 is 5.98. The van der Waals surface area contributed by atoms with Gasteiger partial charge in [-0.05, 0) is 55.3 Å². The van der Waals surface area contributed by atoms with Gasteiger partial charge >= 0.3 is 0 Å². The van der Waals surface area contributed by atoms with Gasteiger partial charge in [0.05, 0.1) is 18.4 Å². The summed E-state index contributed by atoms with van der Waals surface area (Å²) in [5, 5.41) is 6.39. The molecule has 1 aromatic heterocycles. The lowest BCUT2D eigenvalue weighted by molar-refractivity contribution is 0.102. The highest BCUT2D eigenvalue weighted by molar-refractivity contribution is 6.31. The lowest BCUT2D eigenvalue weighted by atomic mass is 10.1. The van der Waals surface area contributed by atoms with Crippen LogP contribution in [0, 0.1) is 13.8 Å². The molecule has 0 saturated carbocycles. The van der Waals surface area contributed by atoms with Crippen molar-refractivity contribution >= 4 is 34.8 Å². The summed E-state index contributed by atoms with van der Waals surface area (Å²) in [6, 6.07) is 11.1. The Hall–Kier alpha value is -3.12. The number of carbonyl (C=O) groups excluding carboxylic acids is 1. The van der Waals surface area contributed by atoms with Crippen LogP contribution >= 0.6 is 11.6 Å². The van der Waals surface area contributed by atoms with Gasteiger partial charge in [0.1, 0.15) is 5.75 Å². The number of nitrogens with one attached hydrogen (secondary N) is 2. The molecule has 0 aliphatic carbocycles. The lowest BCUT2D eigenvalue weighted by Gasteiger charge is -2.11. The van der Waals surface area contributed by atoms with Crippen LogP contribution in [0.25, 0.3) is 0 Å². The number of rotatable bonds is 5. The molecule has 0 fully saturated rings. The van der Waals surface area contributed by atoms with Crippen LogP contribution in [0.3, 0.4) is 0 Å². The van der Waals surface area contributed by atoms with Crippen molar-refractivity contribution in [3.05, 3.63) is 70.5 Å². The van der Waals surface area contributed by atoms with Crippen LogP contribution < -0.4 is 15.4 Å². The van der Waals surface area contributed by atoms with Crippen LogP contribution in [-0.4, -0.2) is 23.0 Å². The van der Waals surface area contributed by atoms with Gasteiger partial charge in [-0.15, -0.1) is 0 Å². The number of halogens is 1. The first-order valence-electron chi connectivity index (χ1n) is 8.27. The molecule has 1 heterocycles. The maximum atomic E-state index is 12.4. The van der Waals surface area contributed by atoms with Gasteiger partial charge in [0.2, 0.25) is 5.95 Å². The predicted molar refractivity (Wildman–Crippen MR) is 107 cm³/mol. The molecular formula is C20H19ClN4O2. The summed E-state index contributed by atoms with van der Waals surface area (Å²) in [4.78, 5) is 20.9. The van der Waals surface area contributed by atoms with Gasteiger partial charge in [-0.3, -0.25) is 4.79 Å². The van der Waals surface area contributed by atoms with Crippen molar-refractivity contribution in [2.75, 3.05) is 17.7 Å². The highest BCUT2D eigenvalue weighted by Crippen LogP contribution is 2.28. The van der Waals surface area contributed by atoms with Gasteiger partial charge in [0, 0.05) is 23.1 Å².